The third-order valence-electron chi connectivity index (χ3n) is 8.16. The Hall–Kier alpha value is -4.63. The van der Waals surface area contributed by atoms with Crippen LogP contribution >= 0.6 is 0 Å². The molecule has 0 radical (unpaired) electrons. The van der Waals surface area contributed by atoms with Crippen molar-refractivity contribution in [1.82, 2.24) is 14.9 Å². The van der Waals surface area contributed by atoms with E-state index in [0.29, 0.717) is 30.4 Å². The molecular formula is C36H43N5O4. The molecule has 9 heteroatoms. The molecule has 1 fully saturated rings. The SMILES string of the molecule is CCc1cc(OC)ccc1NC(=O)Oc1cc(-c2cccc(C)c2C)nc(Nc2ccc(OCCCN3CCCCC3)cc2)n1. The fraction of sp³-hybridized carbons (Fsp3) is 0.361. The van der Waals surface area contributed by atoms with Crippen molar-refractivity contribution in [3.63, 3.8) is 0 Å². The first-order valence-electron chi connectivity index (χ1n) is 15.8. The Labute approximate surface area is 266 Å². The molecule has 1 aliphatic rings. The van der Waals surface area contributed by atoms with Crippen LogP contribution in [-0.2, 0) is 6.42 Å². The summed E-state index contributed by atoms with van der Waals surface area (Å²) in [7, 11) is 1.62. The van der Waals surface area contributed by atoms with E-state index in [1.807, 2.05) is 56.3 Å². The molecule has 2 heterocycles. The highest BCUT2D eigenvalue weighted by atomic mass is 16.6. The highest BCUT2D eigenvalue weighted by molar-refractivity contribution is 5.87. The molecule has 3 aromatic carbocycles. The maximum atomic E-state index is 13.0. The number of likely N-dealkylation sites (tertiary alicyclic amines) is 1. The average molecular weight is 610 g/mol. The Bertz CT molecular complexity index is 1590. The molecule has 45 heavy (non-hydrogen) atoms. The number of benzene rings is 3. The standard InChI is InChI=1S/C36H43N5O4/c1-5-27-23-30(43-4)17-18-32(27)39-36(42)45-34-24-33(31-12-9-11-25(2)26(31)3)38-35(40-34)37-28-13-15-29(16-14-28)44-22-10-21-41-19-7-6-8-20-41/h9,11-18,23-24H,5-8,10,19-22H2,1-4H3,(H,39,42)(H,37,38,40). The number of hydrogen-bond donors (Lipinski definition) is 2. The zero-order valence-corrected chi connectivity index (χ0v) is 26.7. The number of piperidine rings is 1. The average Bonchev–Trinajstić information content (AvgIpc) is 3.05. The largest absolute Gasteiger partial charge is 0.497 e. The monoisotopic (exact) mass is 609 g/mol. The van der Waals surface area contributed by atoms with E-state index in [9.17, 15) is 4.79 Å². The van der Waals surface area contributed by atoms with Crippen LogP contribution in [0.3, 0.4) is 0 Å². The van der Waals surface area contributed by atoms with E-state index in [4.69, 9.17) is 19.2 Å². The maximum Gasteiger partial charge on any atom is 0.418 e. The zero-order chi connectivity index (χ0) is 31.6. The summed E-state index contributed by atoms with van der Waals surface area (Å²) in [6.45, 7) is 10.3. The van der Waals surface area contributed by atoms with Crippen molar-refractivity contribution in [2.45, 2.75) is 52.9 Å². The molecule has 0 bridgehead atoms. The van der Waals surface area contributed by atoms with Gasteiger partial charge in [0.15, 0.2) is 0 Å². The second kappa shape index (κ2) is 15.4. The van der Waals surface area contributed by atoms with Crippen molar-refractivity contribution < 1.29 is 19.0 Å². The molecule has 236 valence electrons. The molecule has 0 atom stereocenters. The maximum absolute atomic E-state index is 13.0. The van der Waals surface area contributed by atoms with Gasteiger partial charge in [-0.05, 0) is 112 Å². The lowest BCUT2D eigenvalue weighted by molar-refractivity contribution is 0.205. The van der Waals surface area contributed by atoms with Crippen LogP contribution in [0.2, 0.25) is 0 Å². The minimum atomic E-state index is -0.645. The molecule has 1 saturated heterocycles. The number of carbonyl (C=O) groups is 1. The zero-order valence-electron chi connectivity index (χ0n) is 26.7. The van der Waals surface area contributed by atoms with Crippen LogP contribution in [0, 0.1) is 13.8 Å². The number of nitrogens with zero attached hydrogens (tertiary/aromatic N) is 3. The number of rotatable bonds is 12. The Kier molecular flexibility index (Phi) is 10.9. The summed E-state index contributed by atoms with van der Waals surface area (Å²) in [6, 6.07) is 20.9. The minimum Gasteiger partial charge on any atom is -0.497 e. The molecule has 0 unspecified atom stereocenters. The van der Waals surface area contributed by atoms with E-state index in [2.05, 4.69) is 33.5 Å². The predicted octanol–water partition coefficient (Wildman–Crippen LogP) is 7.94. The molecule has 5 rings (SSSR count). The van der Waals surface area contributed by atoms with E-state index in [1.165, 1.54) is 32.4 Å². The summed E-state index contributed by atoms with van der Waals surface area (Å²) in [5.74, 6) is 1.98. The third kappa shape index (κ3) is 8.73. The molecule has 0 aliphatic carbocycles. The molecule has 0 spiro atoms. The number of nitrogens with one attached hydrogen (secondary N) is 2. The highest BCUT2D eigenvalue weighted by Crippen LogP contribution is 2.29. The van der Waals surface area contributed by atoms with Crippen LogP contribution in [0.25, 0.3) is 11.3 Å². The van der Waals surface area contributed by atoms with Gasteiger partial charge in [0.05, 0.1) is 19.4 Å². The molecule has 2 N–H and O–H groups in total. The molecule has 0 saturated carbocycles. The van der Waals surface area contributed by atoms with Gasteiger partial charge in [-0.1, -0.05) is 31.5 Å². The summed E-state index contributed by atoms with van der Waals surface area (Å²) in [4.78, 5) is 24.8. The lowest BCUT2D eigenvalue weighted by Crippen LogP contribution is -2.31. The van der Waals surface area contributed by atoms with Gasteiger partial charge in [-0.25, -0.2) is 9.78 Å². The summed E-state index contributed by atoms with van der Waals surface area (Å²) >= 11 is 0. The van der Waals surface area contributed by atoms with Crippen molar-refractivity contribution >= 4 is 23.4 Å². The van der Waals surface area contributed by atoms with Crippen LogP contribution < -0.4 is 24.8 Å². The van der Waals surface area contributed by atoms with Crippen molar-refractivity contribution in [2.75, 3.05) is 44.0 Å². The van der Waals surface area contributed by atoms with Crippen LogP contribution in [0.5, 0.6) is 17.4 Å². The van der Waals surface area contributed by atoms with E-state index < -0.39 is 6.09 Å². The van der Waals surface area contributed by atoms with Gasteiger partial charge in [-0.2, -0.15) is 4.98 Å². The third-order valence-corrected chi connectivity index (χ3v) is 8.16. The van der Waals surface area contributed by atoms with Crippen molar-refractivity contribution in [2.24, 2.45) is 0 Å². The number of ether oxygens (including phenoxy) is 3. The number of aryl methyl sites for hydroxylation is 2. The molecule has 1 aliphatic heterocycles. The van der Waals surface area contributed by atoms with Gasteiger partial charge in [0.1, 0.15) is 11.5 Å². The Balaban J connectivity index is 1.29. The van der Waals surface area contributed by atoms with E-state index >= 15 is 0 Å². The number of methoxy groups -OCH3 is 1. The number of carbonyl (C=O) groups excluding carboxylic acids is 1. The quantitative estimate of drug-likeness (QED) is 0.156. The molecule has 9 nitrogen and oxygen atoms in total. The fourth-order valence-electron chi connectivity index (χ4n) is 5.47. The van der Waals surface area contributed by atoms with Crippen LogP contribution in [0.4, 0.5) is 22.1 Å². The van der Waals surface area contributed by atoms with Crippen LogP contribution in [-0.4, -0.2) is 54.3 Å². The molecule has 1 amide bonds. The first-order valence-corrected chi connectivity index (χ1v) is 15.8. The number of amides is 1. The topological polar surface area (TPSA) is 97.8 Å². The number of hydrogen-bond acceptors (Lipinski definition) is 8. The van der Waals surface area contributed by atoms with E-state index in [1.54, 1.807) is 25.3 Å². The summed E-state index contributed by atoms with van der Waals surface area (Å²) in [6.07, 6.45) is 5.03. The number of aromatic nitrogens is 2. The van der Waals surface area contributed by atoms with Gasteiger partial charge in [0.2, 0.25) is 11.8 Å². The molecule has 1 aromatic heterocycles. The van der Waals surface area contributed by atoms with Gasteiger partial charge in [0.25, 0.3) is 0 Å². The first-order chi connectivity index (χ1) is 21.9. The first kappa shape index (κ1) is 31.8. The predicted molar refractivity (Wildman–Crippen MR) is 179 cm³/mol. The Morgan fingerprint density at radius 2 is 1.71 bits per heavy atom. The van der Waals surface area contributed by atoms with Crippen molar-refractivity contribution in [1.29, 1.82) is 0 Å². The molecule has 4 aromatic rings. The summed E-state index contributed by atoms with van der Waals surface area (Å²) in [5.41, 5.74) is 6.17. The minimum absolute atomic E-state index is 0.126. The van der Waals surface area contributed by atoms with Crippen molar-refractivity contribution in [3.05, 3.63) is 83.4 Å². The lowest BCUT2D eigenvalue weighted by Gasteiger charge is -2.26. The second-order valence-corrected chi connectivity index (χ2v) is 11.3. The van der Waals surface area contributed by atoms with E-state index in [0.717, 1.165) is 52.4 Å². The normalized spacial score (nSPS) is 13.2. The molecular weight excluding hydrogens is 566 g/mol. The van der Waals surface area contributed by atoms with Gasteiger partial charge in [0, 0.05) is 29.5 Å². The van der Waals surface area contributed by atoms with Crippen LogP contribution in [0.15, 0.2) is 66.7 Å². The van der Waals surface area contributed by atoms with Gasteiger partial charge in [-0.3, -0.25) is 5.32 Å². The van der Waals surface area contributed by atoms with Gasteiger partial charge >= 0.3 is 6.09 Å². The lowest BCUT2D eigenvalue weighted by atomic mass is 10.0. The Morgan fingerprint density at radius 3 is 2.47 bits per heavy atom. The van der Waals surface area contributed by atoms with Crippen molar-refractivity contribution in [3.8, 4) is 28.6 Å². The van der Waals surface area contributed by atoms with E-state index in [-0.39, 0.29) is 5.88 Å². The summed E-state index contributed by atoms with van der Waals surface area (Å²) < 4.78 is 17.0. The smallest absolute Gasteiger partial charge is 0.418 e. The Morgan fingerprint density at radius 1 is 0.933 bits per heavy atom. The second-order valence-electron chi connectivity index (χ2n) is 11.3. The highest BCUT2D eigenvalue weighted by Gasteiger charge is 2.15. The fourth-order valence-corrected chi connectivity index (χ4v) is 5.47. The van der Waals surface area contributed by atoms with Gasteiger partial charge < -0.3 is 24.4 Å². The van der Waals surface area contributed by atoms with Crippen LogP contribution in [0.1, 0.15) is 49.3 Å². The summed E-state index contributed by atoms with van der Waals surface area (Å²) in [5, 5.41) is 6.11. The van der Waals surface area contributed by atoms with Gasteiger partial charge in [-0.15, -0.1) is 0 Å². The number of anilines is 3.